The Morgan fingerprint density at radius 1 is 1.45 bits per heavy atom. The number of likely N-dealkylation sites (tertiary alicyclic amines) is 1. The van der Waals surface area contributed by atoms with Crippen LogP contribution in [0.2, 0.25) is 0 Å². The zero-order valence-electron chi connectivity index (χ0n) is 12.5. The molecule has 0 spiro atoms. The molecule has 0 aliphatic carbocycles. The van der Waals surface area contributed by atoms with Gasteiger partial charge in [0.2, 0.25) is 0 Å². The summed E-state index contributed by atoms with van der Waals surface area (Å²) in [7, 11) is 1.86. The lowest BCUT2D eigenvalue weighted by Crippen LogP contribution is -2.44. The number of carboxylic acid groups (broad SMARTS) is 1. The molecule has 1 aliphatic heterocycles. The number of carbonyl (C=O) groups is 1. The molecule has 0 unspecified atom stereocenters. The smallest absolute Gasteiger partial charge is 0.317 e. The molecule has 1 aromatic rings. The highest BCUT2D eigenvalue weighted by molar-refractivity contribution is 9.10. The molecular formula is C15H21BrClFN2O2. The number of benzene rings is 1. The second-order valence-electron chi connectivity index (χ2n) is 5.55. The molecule has 22 heavy (non-hydrogen) atoms. The van der Waals surface area contributed by atoms with Gasteiger partial charge in [-0.25, -0.2) is 4.39 Å². The molecular weight excluding hydrogens is 375 g/mol. The molecule has 0 amide bonds. The van der Waals surface area contributed by atoms with Gasteiger partial charge < -0.3 is 5.11 Å². The van der Waals surface area contributed by atoms with Gasteiger partial charge in [0.15, 0.2) is 0 Å². The summed E-state index contributed by atoms with van der Waals surface area (Å²) in [4.78, 5) is 14.9. The number of hydrogen-bond acceptors (Lipinski definition) is 3. The van der Waals surface area contributed by atoms with Gasteiger partial charge in [-0.3, -0.25) is 14.6 Å². The molecule has 0 radical (unpaired) electrons. The van der Waals surface area contributed by atoms with Crippen molar-refractivity contribution in [2.24, 2.45) is 0 Å². The quantitative estimate of drug-likeness (QED) is 0.832. The van der Waals surface area contributed by atoms with Gasteiger partial charge in [-0.1, -0.05) is 15.9 Å². The third kappa shape index (κ3) is 5.50. The van der Waals surface area contributed by atoms with Gasteiger partial charge in [0, 0.05) is 17.1 Å². The lowest BCUT2D eigenvalue weighted by molar-refractivity contribution is -0.138. The van der Waals surface area contributed by atoms with Crippen LogP contribution in [0.1, 0.15) is 18.4 Å². The minimum Gasteiger partial charge on any atom is -0.480 e. The van der Waals surface area contributed by atoms with Crippen molar-refractivity contribution in [2.45, 2.75) is 25.4 Å². The first kappa shape index (κ1) is 19.4. The van der Waals surface area contributed by atoms with E-state index in [1.807, 2.05) is 11.9 Å². The molecule has 0 aromatic heterocycles. The molecule has 1 aromatic carbocycles. The normalized spacial score (nSPS) is 16.5. The van der Waals surface area contributed by atoms with Crippen LogP contribution in [0.3, 0.4) is 0 Å². The van der Waals surface area contributed by atoms with Crippen molar-refractivity contribution >= 4 is 34.3 Å². The SMILES string of the molecule is CN(CC(=O)O)C1CCN(Cc2cc(F)ccc2Br)CC1.Cl. The predicted octanol–water partition coefficient (Wildman–Crippen LogP) is 2.99. The van der Waals surface area contributed by atoms with E-state index in [2.05, 4.69) is 20.8 Å². The Morgan fingerprint density at radius 3 is 2.68 bits per heavy atom. The topological polar surface area (TPSA) is 43.8 Å². The van der Waals surface area contributed by atoms with Crippen molar-refractivity contribution in [3.63, 3.8) is 0 Å². The van der Waals surface area contributed by atoms with E-state index in [0.29, 0.717) is 12.6 Å². The van der Waals surface area contributed by atoms with Crippen LogP contribution in [-0.2, 0) is 11.3 Å². The van der Waals surface area contributed by atoms with E-state index in [1.165, 1.54) is 6.07 Å². The summed E-state index contributed by atoms with van der Waals surface area (Å²) in [5.74, 6) is -1.01. The van der Waals surface area contributed by atoms with E-state index >= 15 is 0 Å². The summed E-state index contributed by atoms with van der Waals surface area (Å²) in [6, 6.07) is 5.05. The maximum Gasteiger partial charge on any atom is 0.317 e. The minimum atomic E-state index is -0.788. The monoisotopic (exact) mass is 394 g/mol. The number of piperidine rings is 1. The van der Waals surface area contributed by atoms with Crippen molar-refractivity contribution in [1.82, 2.24) is 9.80 Å². The van der Waals surface area contributed by atoms with Gasteiger partial charge in [-0.2, -0.15) is 0 Å². The van der Waals surface area contributed by atoms with E-state index in [1.54, 1.807) is 12.1 Å². The summed E-state index contributed by atoms with van der Waals surface area (Å²) >= 11 is 3.45. The highest BCUT2D eigenvalue weighted by atomic mass is 79.9. The van der Waals surface area contributed by atoms with Crippen molar-refractivity contribution in [3.8, 4) is 0 Å². The van der Waals surface area contributed by atoms with Gasteiger partial charge in [-0.15, -0.1) is 12.4 Å². The van der Waals surface area contributed by atoms with Crippen LogP contribution in [0.4, 0.5) is 4.39 Å². The first-order chi connectivity index (χ1) is 9.95. The summed E-state index contributed by atoms with van der Waals surface area (Å²) in [6.45, 7) is 2.60. The minimum absolute atomic E-state index is 0. The predicted molar refractivity (Wildman–Crippen MR) is 89.9 cm³/mol. The maximum atomic E-state index is 13.3. The highest BCUT2D eigenvalue weighted by Gasteiger charge is 2.23. The van der Waals surface area contributed by atoms with E-state index in [4.69, 9.17) is 5.11 Å². The molecule has 124 valence electrons. The Labute approximate surface area is 144 Å². The highest BCUT2D eigenvalue weighted by Crippen LogP contribution is 2.22. The van der Waals surface area contributed by atoms with E-state index in [-0.39, 0.29) is 24.8 Å². The molecule has 0 saturated carbocycles. The van der Waals surface area contributed by atoms with Gasteiger partial charge in [-0.05, 0) is 56.7 Å². The molecule has 4 nitrogen and oxygen atoms in total. The third-order valence-electron chi connectivity index (χ3n) is 3.97. The fourth-order valence-electron chi connectivity index (χ4n) is 2.77. The summed E-state index contributed by atoms with van der Waals surface area (Å²) in [5.41, 5.74) is 0.951. The van der Waals surface area contributed by atoms with Crippen LogP contribution >= 0.6 is 28.3 Å². The molecule has 2 rings (SSSR count). The molecule has 1 saturated heterocycles. The van der Waals surface area contributed by atoms with Crippen molar-refractivity contribution < 1.29 is 14.3 Å². The fraction of sp³-hybridized carbons (Fsp3) is 0.533. The Balaban J connectivity index is 0.00000242. The van der Waals surface area contributed by atoms with Gasteiger partial charge in [0.25, 0.3) is 0 Å². The summed E-state index contributed by atoms with van der Waals surface area (Å²) < 4.78 is 14.2. The van der Waals surface area contributed by atoms with Crippen molar-refractivity contribution in [1.29, 1.82) is 0 Å². The summed E-state index contributed by atoms with van der Waals surface area (Å²) in [6.07, 6.45) is 1.88. The van der Waals surface area contributed by atoms with Crippen LogP contribution in [0.25, 0.3) is 0 Å². The zero-order chi connectivity index (χ0) is 15.4. The molecule has 1 fully saturated rings. The molecule has 1 N–H and O–H groups in total. The van der Waals surface area contributed by atoms with Crippen LogP contribution in [0.15, 0.2) is 22.7 Å². The number of likely N-dealkylation sites (N-methyl/N-ethyl adjacent to an activating group) is 1. The Kier molecular flexibility index (Phi) is 7.76. The lowest BCUT2D eigenvalue weighted by Gasteiger charge is -2.36. The second kappa shape index (κ2) is 8.82. The van der Waals surface area contributed by atoms with Crippen LogP contribution in [-0.4, -0.2) is 53.6 Å². The number of carboxylic acids is 1. The summed E-state index contributed by atoms with van der Waals surface area (Å²) in [5, 5.41) is 8.83. The molecule has 0 bridgehead atoms. The number of hydrogen-bond donors (Lipinski definition) is 1. The van der Waals surface area contributed by atoms with E-state index in [0.717, 1.165) is 36.0 Å². The van der Waals surface area contributed by atoms with Crippen LogP contribution in [0, 0.1) is 5.82 Å². The molecule has 1 aliphatic rings. The van der Waals surface area contributed by atoms with E-state index in [9.17, 15) is 9.18 Å². The fourth-order valence-corrected chi connectivity index (χ4v) is 3.14. The van der Waals surface area contributed by atoms with Crippen LogP contribution < -0.4 is 0 Å². The number of halogens is 3. The zero-order valence-corrected chi connectivity index (χ0v) is 14.9. The Bertz CT molecular complexity index is 510. The average molecular weight is 396 g/mol. The van der Waals surface area contributed by atoms with Gasteiger partial charge >= 0.3 is 5.97 Å². The molecule has 0 atom stereocenters. The standard InChI is InChI=1S/C15H20BrFN2O2.ClH/c1-18(10-15(20)21)13-4-6-19(7-5-13)9-11-8-12(17)2-3-14(11)16;/h2-3,8,13H,4-7,9-10H2,1H3,(H,20,21);1H. The number of nitrogens with zero attached hydrogens (tertiary/aromatic N) is 2. The lowest BCUT2D eigenvalue weighted by atomic mass is 10.0. The Hall–Kier alpha value is -0.690. The van der Waals surface area contributed by atoms with E-state index < -0.39 is 5.97 Å². The number of rotatable bonds is 5. The number of aliphatic carboxylic acids is 1. The largest absolute Gasteiger partial charge is 0.480 e. The van der Waals surface area contributed by atoms with Crippen molar-refractivity contribution in [3.05, 3.63) is 34.1 Å². The second-order valence-corrected chi connectivity index (χ2v) is 6.41. The average Bonchev–Trinajstić information content (AvgIpc) is 2.43. The first-order valence-corrected chi connectivity index (χ1v) is 7.83. The third-order valence-corrected chi connectivity index (χ3v) is 4.74. The first-order valence-electron chi connectivity index (χ1n) is 7.04. The van der Waals surface area contributed by atoms with Crippen LogP contribution in [0.5, 0.6) is 0 Å². The molecule has 7 heteroatoms. The van der Waals surface area contributed by atoms with Gasteiger partial charge in [0.05, 0.1) is 6.54 Å². The Morgan fingerprint density at radius 2 is 2.09 bits per heavy atom. The molecule has 1 heterocycles. The maximum absolute atomic E-state index is 13.3. The van der Waals surface area contributed by atoms with Gasteiger partial charge in [0.1, 0.15) is 5.82 Å². The van der Waals surface area contributed by atoms with Crippen molar-refractivity contribution in [2.75, 3.05) is 26.7 Å².